The molecular formula is C29H23BrN6O6. The fourth-order valence-corrected chi connectivity index (χ4v) is 4.40. The number of likely N-dealkylation sites (N-methyl/N-ethyl adjacent to an activating group) is 1. The number of aromatic nitrogens is 2. The number of aryl methyl sites for hydroxylation is 1. The predicted molar refractivity (Wildman–Crippen MR) is 155 cm³/mol. The molecule has 3 aromatic carbocycles. The standard InChI is InChI=1S/C29H23BrN6O6/c1-15-11-19(8-10-23(15)41-29-32-13-18(30)14-33-29)34-28(40)35-26(38)17-5-3-16(4-6-17)25(37)21-9-7-20-12-22(21)24(31-2)27(39)42-36-20/h3-14,24,31,36H,1-2H3,(H2,34,35,38,40). The van der Waals surface area contributed by atoms with Gasteiger partial charge in [-0.2, -0.15) is 0 Å². The Balaban J connectivity index is 1.22. The summed E-state index contributed by atoms with van der Waals surface area (Å²) in [6, 6.07) is 14.3. The number of hydrogen-bond donors (Lipinski definition) is 4. The molecule has 0 radical (unpaired) electrons. The molecule has 42 heavy (non-hydrogen) atoms. The van der Waals surface area contributed by atoms with Gasteiger partial charge in [0.25, 0.3) is 5.91 Å². The van der Waals surface area contributed by atoms with E-state index >= 15 is 0 Å². The van der Waals surface area contributed by atoms with Crippen LogP contribution < -0.4 is 26.2 Å². The minimum Gasteiger partial charge on any atom is -0.424 e. The Morgan fingerprint density at radius 2 is 1.69 bits per heavy atom. The van der Waals surface area contributed by atoms with Gasteiger partial charge in [0, 0.05) is 34.8 Å². The van der Waals surface area contributed by atoms with Crippen molar-refractivity contribution in [3.8, 4) is 11.8 Å². The summed E-state index contributed by atoms with van der Waals surface area (Å²) in [7, 11) is 1.59. The van der Waals surface area contributed by atoms with Gasteiger partial charge in [-0.1, -0.05) is 12.1 Å². The van der Waals surface area contributed by atoms with Crippen molar-refractivity contribution in [1.29, 1.82) is 0 Å². The third-order valence-corrected chi connectivity index (χ3v) is 6.68. The van der Waals surface area contributed by atoms with Crippen LogP contribution in [0.2, 0.25) is 0 Å². The first-order valence-electron chi connectivity index (χ1n) is 12.5. The van der Waals surface area contributed by atoms with E-state index in [4.69, 9.17) is 9.57 Å². The molecule has 1 aliphatic rings. The zero-order valence-corrected chi connectivity index (χ0v) is 23.8. The molecule has 2 heterocycles. The van der Waals surface area contributed by atoms with Crippen molar-refractivity contribution in [3.63, 3.8) is 0 Å². The van der Waals surface area contributed by atoms with Crippen LogP contribution in [0.3, 0.4) is 0 Å². The molecule has 0 saturated heterocycles. The van der Waals surface area contributed by atoms with E-state index in [2.05, 4.69) is 47.3 Å². The zero-order chi connectivity index (χ0) is 29.8. The second-order valence-corrected chi connectivity index (χ2v) is 10.0. The van der Waals surface area contributed by atoms with E-state index in [9.17, 15) is 19.2 Å². The third kappa shape index (κ3) is 6.27. The molecule has 0 fully saturated rings. The van der Waals surface area contributed by atoms with Gasteiger partial charge in [0.1, 0.15) is 11.8 Å². The van der Waals surface area contributed by atoms with Crippen molar-refractivity contribution in [1.82, 2.24) is 20.6 Å². The van der Waals surface area contributed by atoms with E-state index in [1.807, 2.05) is 0 Å². The molecule has 1 atom stereocenters. The van der Waals surface area contributed by atoms with Gasteiger partial charge in [0.05, 0.1) is 10.2 Å². The van der Waals surface area contributed by atoms with E-state index in [-0.39, 0.29) is 17.4 Å². The van der Waals surface area contributed by atoms with E-state index in [1.54, 1.807) is 62.8 Å². The number of carbonyl (C=O) groups is 4. The number of carbonyl (C=O) groups excluding carboxylic acids is 4. The van der Waals surface area contributed by atoms with Crippen LogP contribution in [-0.2, 0) is 9.63 Å². The molecule has 0 aliphatic carbocycles. The molecule has 0 saturated carbocycles. The van der Waals surface area contributed by atoms with Gasteiger partial charge in [-0.25, -0.2) is 25.0 Å². The number of rotatable bonds is 7. The SMILES string of the molecule is CNC1C(=O)ONc2ccc(C(=O)c3ccc(C(=O)NC(=O)Nc4ccc(Oc5ncc(Br)cn5)c(C)c4)cc3)c1c2. The number of nitrogens with one attached hydrogen (secondary N) is 4. The van der Waals surface area contributed by atoms with Crippen LogP contribution in [0.15, 0.2) is 77.5 Å². The van der Waals surface area contributed by atoms with Gasteiger partial charge in [0.15, 0.2) is 5.78 Å². The number of fused-ring (bicyclic) bond motifs is 2. The Bertz CT molecular complexity index is 1690. The normalized spacial score (nSPS) is 13.7. The number of urea groups is 1. The van der Waals surface area contributed by atoms with Crippen molar-refractivity contribution in [2.24, 2.45) is 0 Å². The van der Waals surface area contributed by atoms with Gasteiger partial charge >= 0.3 is 18.0 Å². The molecule has 1 aromatic heterocycles. The fourth-order valence-electron chi connectivity index (χ4n) is 4.20. The van der Waals surface area contributed by atoms with Crippen molar-refractivity contribution < 1.29 is 28.8 Å². The first-order chi connectivity index (χ1) is 20.2. The summed E-state index contributed by atoms with van der Waals surface area (Å²) in [5.74, 6) is -1.07. The lowest BCUT2D eigenvalue weighted by Crippen LogP contribution is -2.34. The third-order valence-electron chi connectivity index (χ3n) is 6.27. The molecule has 12 nitrogen and oxygen atoms in total. The molecule has 212 valence electrons. The molecule has 3 amide bonds. The molecule has 1 unspecified atom stereocenters. The number of nitrogens with zero attached hydrogens (tertiary/aromatic N) is 2. The molecule has 2 bridgehead atoms. The summed E-state index contributed by atoms with van der Waals surface area (Å²) in [4.78, 5) is 63.9. The highest BCUT2D eigenvalue weighted by Gasteiger charge is 2.29. The van der Waals surface area contributed by atoms with E-state index in [0.717, 1.165) is 4.47 Å². The van der Waals surface area contributed by atoms with Crippen LogP contribution in [0.4, 0.5) is 16.2 Å². The summed E-state index contributed by atoms with van der Waals surface area (Å²) < 4.78 is 6.39. The summed E-state index contributed by atoms with van der Waals surface area (Å²) in [6.07, 6.45) is 3.12. The van der Waals surface area contributed by atoms with E-state index in [0.29, 0.717) is 39.4 Å². The van der Waals surface area contributed by atoms with Gasteiger partial charge in [-0.3, -0.25) is 14.9 Å². The minimum absolute atomic E-state index is 0.171. The maximum Gasteiger partial charge on any atom is 0.353 e. The van der Waals surface area contributed by atoms with Gasteiger partial charge in [0.2, 0.25) is 0 Å². The quantitative estimate of drug-likeness (QED) is 0.211. The first-order valence-corrected chi connectivity index (χ1v) is 13.3. The number of imide groups is 1. The van der Waals surface area contributed by atoms with E-state index in [1.165, 1.54) is 24.3 Å². The lowest BCUT2D eigenvalue weighted by atomic mass is 9.93. The number of ether oxygens (including phenoxy) is 1. The van der Waals surface area contributed by atoms with Crippen molar-refractivity contribution >= 4 is 51.0 Å². The second kappa shape index (κ2) is 12.2. The molecular weight excluding hydrogens is 608 g/mol. The summed E-state index contributed by atoms with van der Waals surface area (Å²) in [6.45, 7) is 1.79. The molecule has 5 rings (SSSR count). The van der Waals surface area contributed by atoms with Crippen LogP contribution in [0.25, 0.3) is 0 Å². The fraction of sp³-hybridized carbons (Fsp3) is 0.103. The summed E-state index contributed by atoms with van der Waals surface area (Å²) in [5, 5.41) is 7.73. The van der Waals surface area contributed by atoms with Crippen molar-refractivity contribution in [2.75, 3.05) is 17.8 Å². The van der Waals surface area contributed by atoms with Crippen LogP contribution in [0.5, 0.6) is 11.8 Å². The van der Waals surface area contributed by atoms with Crippen LogP contribution in [0.1, 0.15) is 43.4 Å². The first kappa shape index (κ1) is 28.4. The molecule has 4 aromatic rings. The molecule has 0 spiro atoms. The Morgan fingerprint density at radius 1 is 0.976 bits per heavy atom. The number of halogens is 1. The average Bonchev–Trinajstić information content (AvgIpc) is 3.10. The second-order valence-electron chi connectivity index (χ2n) is 9.13. The van der Waals surface area contributed by atoms with Crippen molar-refractivity contribution in [3.05, 3.63) is 105 Å². The number of amides is 3. The topological polar surface area (TPSA) is 161 Å². The van der Waals surface area contributed by atoms with Crippen LogP contribution in [-0.4, -0.2) is 40.7 Å². The summed E-state index contributed by atoms with van der Waals surface area (Å²) >= 11 is 3.26. The predicted octanol–water partition coefficient (Wildman–Crippen LogP) is 4.68. The highest BCUT2D eigenvalue weighted by Crippen LogP contribution is 2.29. The Labute approximate surface area is 247 Å². The maximum atomic E-state index is 13.3. The molecule has 4 N–H and O–H groups in total. The monoisotopic (exact) mass is 630 g/mol. The summed E-state index contributed by atoms with van der Waals surface area (Å²) in [5.41, 5.74) is 5.47. The van der Waals surface area contributed by atoms with Crippen LogP contribution in [0, 0.1) is 6.92 Å². The number of ketones is 1. The largest absolute Gasteiger partial charge is 0.424 e. The van der Waals surface area contributed by atoms with Crippen LogP contribution >= 0.6 is 15.9 Å². The molecule has 1 aliphatic heterocycles. The van der Waals surface area contributed by atoms with Crippen molar-refractivity contribution in [2.45, 2.75) is 13.0 Å². The van der Waals surface area contributed by atoms with Gasteiger partial charge in [-0.15, -0.1) is 0 Å². The lowest BCUT2D eigenvalue weighted by Gasteiger charge is -2.15. The highest BCUT2D eigenvalue weighted by atomic mass is 79.9. The maximum absolute atomic E-state index is 13.3. The lowest BCUT2D eigenvalue weighted by molar-refractivity contribution is -0.143. The van der Waals surface area contributed by atoms with E-state index < -0.39 is 23.9 Å². The minimum atomic E-state index is -0.837. The number of benzene rings is 3. The average molecular weight is 631 g/mol. The van der Waals surface area contributed by atoms with Gasteiger partial charge < -0.3 is 20.2 Å². The Morgan fingerprint density at radius 3 is 2.38 bits per heavy atom. The zero-order valence-electron chi connectivity index (χ0n) is 22.2. The highest BCUT2D eigenvalue weighted by molar-refractivity contribution is 9.10. The number of anilines is 2. The molecule has 13 heteroatoms. The van der Waals surface area contributed by atoms with Gasteiger partial charge in [-0.05, 0) is 89.6 Å². The number of hydrogen-bond acceptors (Lipinski definition) is 10. The Kier molecular flexibility index (Phi) is 8.22. The Hall–Kier alpha value is -5.14. The smallest absolute Gasteiger partial charge is 0.353 e.